The van der Waals surface area contributed by atoms with Crippen molar-refractivity contribution in [2.45, 2.75) is 20.3 Å². The van der Waals surface area contributed by atoms with Gasteiger partial charge in [-0.05, 0) is 54.3 Å². The lowest BCUT2D eigenvalue weighted by Crippen LogP contribution is -2.23. The molecule has 0 saturated carbocycles. The molecule has 0 radical (unpaired) electrons. The van der Waals surface area contributed by atoms with Gasteiger partial charge in [-0.1, -0.05) is 30.7 Å². The highest BCUT2D eigenvalue weighted by Crippen LogP contribution is 2.33. The molecule has 0 aliphatic carbocycles. The highest BCUT2D eigenvalue weighted by Gasteiger charge is 2.27. The van der Waals surface area contributed by atoms with Crippen molar-refractivity contribution < 1.29 is 18.4 Å². The summed E-state index contributed by atoms with van der Waals surface area (Å²) in [5.41, 5.74) is 1.13. The van der Waals surface area contributed by atoms with Crippen LogP contribution in [0.15, 0.2) is 54.9 Å². The number of benzene rings is 2. The largest absolute Gasteiger partial charge is 0.345 e. The van der Waals surface area contributed by atoms with Crippen molar-refractivity contribution >= 4 is 52.0 Å². The van der Waals surface area contributed by atoms with Crippen LogP contribution in [-0.4, -0.2) is 27.4 Å². The molecule has 5 nitrogen and oxygen atoms in total. The molecule has 174 valence electrons. The van der Waals surface area contributed by atoms with Gasteiger partial charge in [-0.25, -0.2) is 13.8 Å². The molecule has 0 bridgehead atoms. The SMILES string of the molecule is CCCSN(C(C)=O)c1ccc(F)c(C(=O)c2c[nH]c3ncc(-c4ccc(Cl)cc4)cc23)c1F. The lowest BCUT2D eigenvalue weighted by atomic mass is 9.99. The van der Waals surface area contributed by atoms with Crippen molar-refractivity contribution in [3.8, 4) is 11.1 Å². The van der Waals surface area contributed by atoms with Gasteiger partial charge in [-0.2, -0.15) is 0 Å². The van der Waals surface area contributed by atoms with Gasteiger partial charge < -0.3 is 4.98 Å². The maximum atomic E-state index is 15.5. The highest BCUT2D eigenvalue weighted by molar-refractivity contribution is 8.01. The standard InChI is InChI=1S/C25H20ClF2N3O2S/c1-3-10-34-31(14(2)32)21-9-8-20(27)22(23(21)28)24(33)19-13-30-25-18(19)11-16(12-29-25)15-4-6-17(26)7-5-15/h4-9,11-13H,3,10H2,1-2H3,(H,29,30). The first-order valence-corrected chi connectivity index (χ1v) is 11.8. The van der Waals surface area contributed by atoms with E-state index in [-0.39, 0.29) is 11.3 Å². The van der Waals surface area contributed by atoms with Crippen molar-refractivity contribution in [2.24, 2.45) is 0 Å². The summed E-state index contributed by atoms with van der Waals surface area (Å²) in [6.07, 6.45) is 3.76. The number of fused-ring (bicyclic) bond motifs is 1. The summed E-state index contributed by atoms with van der Waals surface area (Å²) < 4.78 is 31.4. The molecular weight excluding hydrogens is 480 g/mol. The van der Waals surface area contributed by atoms with Gasteiger partial charge in [0, 0.05) is 46.6 Å². The lowest BCUT2D eigenvalue weighted by molar-refractivity contribution is -0.115. The number of anilines is 1. The Morgan fingerprint density at radius 2 is 1.85 bits per heavy atom. The van der Waals surface area contributed by atoms with Gasteiger partial charge >= 0.3 is 0 Å². The summed E-state index contributed by atoms with van der Waals surface area (Å²) in [5, 5.41) is 1.00. The van der Waals surface area contributed by atoms with Gasteiger partial charge in [-0.15, -0.1) is 0 Å². The van der Waals surface area contributed by atoms with Gasteiger partial charge in [0.2, 0.25) is 11.7 Å². The highest BCUT2D eigenvalue weighted by atomic mass is 35.5. The van der Waals surface area contributed by atoms with Gasteiger partial charge in [0.25, 0.3) is 0 Å². The van der Waals surface area contributed by atoms with Crippen molar-refractivity contribution in [2.75, 3.05) is 10.1 Å². The predicted octanol–water partition coefficient (Wildman–Crippen LogP) is 6.80. The maximum Gasteiger partial charge on any atom is 0.234 e. The Labute approximate surface area is 204 Å². The fraction of sp³-hybridized carbons (Fsp3) is 0.160. The monoisotopic (exact) mass is 499 g/mol. The average molecular weight is 500 g/mol. The zero-order valence-electron chi connectivity index (χ0n) is 18.4. The molecule has 0 spiro atoms. The third-order valence-corrected chi connectivity index (χ3v) is 6.74. The van der Waals surface area contributed by atoms with E-state index in [1.165, 1.54) is 19.2 Å². The van der Waals surface area contributed by atoms with E-state index < -0.39 is 28.9 Å². The molecule has 0 fully saturated rings. The van der Waals surface area contributed by atoms with Crippen LogP contribution in [0.25, 0.3) is 22.2 Å². The van der Waals surface area contributed by atoms with Crippen molar-refractivity contribution in [3.05, 3.63) is 82.6 Å². The zero-order valence-corrected chi connectivity index (χ0v) is 19.9. The van der Waals surface area contributed by atoms with Crippen LogP contribution >= 0.6 is 23.5 Å². The van der Waals surface area contributed by atoms with E-state index in [1.807, 2.05) is 19.1 Å². The molecule has 0 aliphatic rings. The van der Waals surface area contributed by atoms with Gasteiger partial charge in [-0.3, -0.25) is 13.9 Å². The van der Waals surface area contributed by atoms with Crippen LogP contribution in [0, 0.1) is 11.6 Å². The first kappa shape index (κ1) is 23.9. The minimum Gasteiger partial charge on any atom is -0.345 e. The molecule has 0 atom stereocenters. The molecule has 4 rings (SSSR count). The first-order chi connectivity index (χ1) is 16.3. The second-order valence-corrected chi connectivity index (χ2v) is 9.03. The molecule has 2 aromatic carbocycles. The smallest absolute Gasteiger partial charge is 0.234 e. The minimum absolute atomic E-state index is 0.0730. The number of pyridine rings is 1. The molecular formula is C25H20ClF2N3O2S. The Bertz CT molecular complexity index is 1390. The van der Waals surface area contributed by atoms with E-state index in [2.05, 4.69) is 9.97 Å². The van der Waals surface area contributed by atoms with Gasteiger partial charge in [0.15, 0.2) is 5.82 Å². The number of halogens is 3. The second-order valence-electron chi connectivity index (χ2n) is 7.56. The van der Waals surface area contributed by atoms with E-state index in [1.54, 1.807) is 24.4 Å². The molecule has 0 aliphatic heterocycles. The molecule has 1 N–H and O–H groups in total. The molecule has 0 unspecified atom stereocenters. The van der Waals surface area contributed by atoms with Crippen LogP contribution in [-0.2, 0) is 4.79 Å². The topological polar surface area (TPSA) is 66.1 Å². The van der Waals surface area contributed by atoms with E-state index >= 15 is 4.39 Å². The maximum absolute atomic E-state index is 15.5. The van der Waals surface area contributed by atoms with Crippen molar-refractivity contribution in [3.63, 3.8) is 0 Å². The first-order valence-electron chi connectivity index (χ1n) is 10.5. The summed E-state index contributed by atoms with van der Waals surface area (Å²) in [6.45, 7) is 3.21. The quantitative estimate of drug-likeness (QED) is 0.224. The number of rotatable bonds is 7. The van der Waals surface area contributed by atoms with E-state index in [9.17, 15) is 14.0 Å². The van der Waals surface area contributed by atoms with Crippen LogP contribution < -0.4 is 4.31 Å². The number of hydrogen-bond acceptors (Lipinski definition) is 4. The Morgan fingerprint density at radius 3 is 2.53 bits per heavy atom. The number of nitrogens with zero attached hydrogens (tertiary/aromatic N) is 2. The third kappa shape index (κ3) is 4.56. The molecule has 1 amide bonds. The number of H-pyrrole nitrogens is 1. The summed E-state index contributed by atoms with van der Waals surface area (Å²) >= 11 is 7.07. The summed E-state index contributed by atoms with van der Waals surface area (Å²) in [7, 11) is 0. The van der Waals surface area contributed by atoms with Crippen LogP contribution in [0.3, 0.4) is 0 Å². The second kappa shape index (κ2) is 9.95. The Hall–Kier alpha value is -3.23. The normalized spacial score (nSPS) is 11.1. The lowest BCUT2D eigenvalue weighted by Gasteiger charge is -2.21. The summed E-state index contributed by atoms with van der Waals surface area (Å²) in [4.78, 5) is 32.7. The number of aromatic amines is 1. The number of carbonyl (C=O) groups excluding carboxylic acids is 2. The number of hydrogen-bond donors (Lipinski definition) is 1. The predicted molar refractivity (Wildman–Crippen MR) is 132 cm³/mol. The number of aromatic nitrogens is 2. The molecule has 4 aromatic rings. The number of nitrogens with one attached hydrogen (secondary N) is 1. The van der Waals surface area contributed by atoms with Crippen LogP contribution in [0.5, 0.6) is 0 Å². The van der Waals surface area contributed by atoms with E-state index in [0.29, 0.717) is 27.4 Å². The summed E-state index contributed by atoms with van der Waals surface area (Å²) in [6, 6.07) is 11.0. The fourth-order valence-electron chi connectivity index (χ4n) is 3.55. The molecule has 2 heterocycles. The van der Waals surface area contributed by atoms with Crippen molar-refractivity contribution in [1.82, 2.24) is 9.97 Å². The number of carbonyl (C=O) groups is 2. The number of amides is 1. The van der Waals surface area contributed by atoms with Crippen LogP contribution in [0.1, 0.15) is 36.2 Å². The molecule has 2 aromatic heterocycles. The van der Waals surface area contributed by atoms with Gasteiger partial charge in [0.1, 0.15) is 11.5 Å². The molecule has 34 heavy (non-hydrogen) atoms. The van der Waals surface area contributed by atoms with Crippen LogP contribution in [0.4, 0.5) is 14.5 Å². The third-order valence-electron chi connectivity index (χ3n) is 5.18. The Morgan fingerprint density at radius 1 is 1.12 bits per heavy atom. The van der Waals surface area contributed by atoms with Crippen LogP contribution in [0.2, 0.25) is 5.02 Å². The minimum atomic E-state index is -1.08. The number of ketones is 1. The average Bonchev–Trinajstić information content (AvgIpc) is 3.24. The zero-order chi connectivity index (χ0) is 24.4. The van der Waals surface area contributed by atoms with Gasteiger partial charge in [0.05, 0.1) is 11.3 Å². The summed E-state index contributed by atoms with van der Waals surface area (Å²) in [5.74, 6) is -2.80. The van der Waals surface area contributed by atoms with E-state index in [0.717, 1.165) is 34.3 Å². The molecule has 0 saturated heterocycles. The molecule has 9 heteroatoms. The van der Waals surface area contributed by atoms with Crippen molar-refractivity contribution in [1.29, 1.82) is 0 Å². The Kier molecular flexibility index (Phi) is 7.00. The van der Waals surface area contributed by atoms with E-state index in [4.69, 9.17) is 11.6 Å². The fourth-order valence-corrected chi connectivity index (χ4v) is 4.50. The Balaban J connectivity index is 1.79.